The van der Waals surface area contributed by atoms with Gasteiger partial charge in [-0.05, 0) is 29.8 Å². The predicted molar refractivity (Wildman–Crippen MR) is 111 cm³/mol. The smallest absolute Gasteiger partial charge is 0.229 e. The van der Waals surface area contributed by atoms with Crippen molar-refractivity contribution in [3.05, 3.63) is 85.1 Å². The summed E-state index contributed by atoms with van der Waals surface area (Å²) in [4.78, 5) is 8.02. The van der Waals surface area contributed by atoms with Gasteiger partial charge in [0.25, 0.3) is 0 Å². The van der Waals surface area contributed by atoms with Crippen LogP contribution < -0.4 is 4.74 Å². The highest BCUT2D eigenvalue weighted by atomic mass is 16.5. The number of fused-ring (bicyclic) bond motifs is 1. The van der Waals surface area contributed by atoms with Crippen LogP contribution >= 0.6 is 0 Å². The van der Waals surface area contributed by atoms with Gasteiger partial charge in [-0.15, -0.1) is 0 Å². The Hall–Kier alpha value is -3.86. The number of imidazole rings is 1. The maximum absolute atomic E-state index is 5.29. The Kier molecular flexibility index (Phi) is 3.91. The fraction of sp³-hybridized carbons (Fsp3) is 0.0435. The highest BCUT2D eigenvalue weighted by Crippen LogP contribution is 2.32. The molecule has 3 aromatic carbocycles. The molecule has 0 fully saturated rings. The zero-order chi connectivity index (χ0) is 18.9. The van der Waals surface area contributed by atoms with Crippen molar-refractivity contribution in [2.45, 2.75) is 0 Å². The number of para-hydroxylation sites is 2. The molecule has 5 aromatic rings. The van der Waals surface area contributed by atoms with Crippen LogP contribution in [0.25, 0.3) is 39.4 Å². The van der Waals surface area contributed by atoms with Crippen molar-refractivity contribution in [2.75, 3.05) is 7.11 Å². The number of rotatable bonds is 4. The maximum Gasteiger partial charge on any atom is 0.229 e. The molecule has 0 saturated heterocycles. The Balaban J connectivity index is 1.68. The second kappa shape index (κ2) is 6.70. The molecule has 0 aliphatic carbocycles. The Morgan fingerprint density at radius 3 is 2.32 bits per heavy atom. The zero-order valence-corrected chi connectivity index (χ0v) is 15.3. The van der Waals surface area contributed by atoms with Crippen molar-refractivity contribution >= 4 is 11.0 Å². The number of aromatic nitrogens is 4. The van der Waals surface area contributed by atoms with Crippen molar-refractivity contribution in [1.29, 1.82) is 0 Å². The molecule has 2 heterocycles. The van der Waals surface area contributed by atoms with Gasteiger partial charge in [-0.2, -0.15) is 5.10 Å². The molecule has 0 atom stereocenters. The van der Waals surface area contributed by atoms with Gasteiger partial charge in [0.05, 0.1) is 18.1 Å². The number of H-pyrrole nitrogens is 1. The largest absolute Gasteiger partial charge is 0.497 e. The van der Waals surface area contributed by atoms with Gasteiger partial charge in [0.2, 0.25) is 5.95 Å². The maximum atomic E-state index is 5.29. The molecular formula is C23H18N4O. The minimum Gasteiger partial charge on any atom is -0.497 e. The molecule has 0 saturated carbocycles. The molecule has 136 valence electrons. The van der Waals surface area contributed by atoms with Gasteiger partial charge in [-0.25, -0.2) is 9.67 Å². The Bertz CT molecular complexity index is 1200. The van der Waals surface area contributed by atoms with Crippen molar-refractivity contribution in [3.63, 3.8) is 0 Å². The first-order valence-electron chi connectivity index (χ1n) is 9.06. The molecule has 0 aliphatic rings. The summed E-state index contributed by atoms with van der Waals surface area (Å²) in [5.41, 5.74) is 5.98. The molecule has 0 bridgehead atoms. The molecule has 2 aromatic heterocycles. The topological polar surface area (TPSA) is 55.7 Å². The second-order valence-electron chi connectivity index (χ2n) is 6.51. The second-order valence-corrected chi connectivity index (χ2v) is 6.51. The lowest BCUT2D eigenvalue weighted by Crippen LogP contribution is -1.97. The lowest BCUT2D eigenvalue weighted by atomic mass is 10.0. The third kappa shape index (κ3) is 2.83. The van der Waals surface area contributed by atoms with Crippen molar-refractivity contribution in [2.24, 2.45) is 0 Å². The van der Waals surface area contributed by atoms with E-state index >= 15 is 0 Å². The third-order valence-electron chi connectivity index (χ3n) is 4.76. The summed E-state index contributed by atoms with van der Waals surface area (Å²) in [7, 11) is 1.67. The van der Waals surface area contributed by atoms with E-state index in [1.807, 2.05) is 77.6 Å². The number of hydrogen-bond acceptors (Lipinski definition) is 3. The standard InChI is InChI=1S/C23H18N4O/c1-28-18-13-11-16(12-14-18)19-15-27(26-22(19)17-7-3-2-4-8-17)23-24-20-9-5-6-10-21(20)25-23/h2-15H,1H3,(H,24,25). The molecule has 0 unspecified atom stereocenters. The van der Waals surface area contributed by atoms with Gasteiger partial charge >= 0.3 is 0 Å². The van der Waals surface area contributed by atoms with Crippen LogP contribution in [0.4, 0.5) is 0 Å². The van der Waals surface area contributed by atoms with Gasteiger partial charge in [0.15, 0.2) is 0 Å². The molecule has 5 rings (SSSR count). The van der Waals surface area contributed by atoms with E-state index in [0.717, 1.165) is 39.2 Å². The number of aromatic amines is 1. The number of methoxy groups -OCH3 is 1. The van der Waals surface area contributed by atoms with Gasteiger partial charge in [0.1, 0.15) is 11.4 Å². The monoisotopic (exact) mass is 366 g/mol. The van der Waals surface area contributed by atoms with Crippen molar-refractivity contribution in [1.82, 2.24) is 19.7 Å². The van der Waals surface area contributed by atoms with Crippen LogP contribution in [0.15, 0.2) is 85.1 Å². The Labute approximate surface area is 162 Å². The van der Waals surface area contributed by atoms with Gasteiger partial charge < -0.3 is 9.72 Å². The summed E-state index contributed by atoms with van der Waals surface area (Å²) in [6, 6.07) is 26.2. The highest BCUT2D eigenvalue weighted by Gasteiger charge is 2.15. The molecule has 5 nitrogen and oxygen atoms in total. The number of benzene rings is 3. The average Bonchev–Trinajstić information content (AvgIpc) is 3.39. The minimum absolute atomic E-state index is 0.693. The predicted octanol–water partition coefficient (Wildman–Crippen LogP) is 5.09. The van der Waals surface area contributed by atoms with Crippen LogP contribution in [-0.2, 0) is 0 Å². The van der Waals surface area contributed by atoms with E-state index in [-0.39, 0.29) is 0 Å². The van der Waals surface area contributed by atoms with E-state index < -0.39 is 0 Å². The molecule has 1 N–H and O–H groups in total. The third-order valence-corrected chi connectivity index (χ3v) is 4.76. The van der Waals surface area contributed by atoms with Crippen LogP contribution in [0, 0.1) is 0 Å². The lowest BCUT2D eigenvalue weighted by molar-refractivity contribution is 0.415. The SMILES string of the molecule is COc1ccc(-c2cn(-c3nc4ccccc4[nH]3)nc2-c2ccccc2)cc1. The average molecular weight is 366 g/mol. The van der Waals surface area contributed by atoms with E-state index in [4.69, 9.17) is 9.84 Å². The van der Waals surface area contributed by atoms with Gasteiger partial charge in [-0.1, -0.05) is 54.6 Å². The molecule has 28 heavy (non-hydrogen) atoms. The van der Waals surface area contributed by atoms with E-state index in [9.17, 15) is 0 Å². The molecule has 0 aliphatic heterocycles. The lowest BCUT2D eigenvalue weighted by Gasteiger charge is -2.04. The molecule has 0 amide bonds. The van der Waals surface area contributed by atoms with Crippen LogP contribution in [0.2, 0.25) is 0 Å². The fourth-order valence-corrected chi connectivity index (χ4v) is 3.32. The first-order valence-corrected chi connectivity index (χ1v) is 9.06. The van der Waals surface area contributed by atoms with Crippen molar-refractivity contribution in [3.8, 4) is 34.1 Å². The summed E-state index contributed by atoms with van der Waals surface area (Å²) >= 11 is 0. The minimum atomic E-state index is 0.693. The quantitative estimate of drug-likeness (QED) is 0.482. The van der Waals surface area contributed by atoms with Crippen LogP contribution in [0.3, 0.4) is 0 Å². The normalized spacial score (nSPS) is 11.0. The van der Waals surface area contributed by atoms with E-state index in [2.05, 4.69) is 22.1 Å². The fourth-order valence-electron chi connectivity index (χ4n) is 3.32. The van der Waals surface area contributed by atoms with Gasteiger partial charge in [-0.3, -0.25) is 0 Å². The van der Waals surface area contributed by atoms with Crippen LogP contribution in [-0.4, -0.2) is 26.9 Å². The summed E-state index contributed by atoms with van der Waals surface area (Å²) < 4.78 is 7.10. The first kappa shape index (κ1) is 16.3. The van der Waals surface area contributed by atoms with E-state index in [1.165, 1.54) is 0 Å². The summed E-state index contributed by atoms with van der Waals surface area (Å²) in [6.45, 7) is 0. The van der Waals surface area contributed by atoms with Crippen LogP contribution in [0.5, 0.6) is 5.75 Å². The Morgan fingerprint density at radius 1 is 0.821 bits per heavy atom. The molecule has 5 heteroatoms. The number of hydrogen-bond donors (Lipinski definition) is 1. The van der Waals surface area contributed by atoms with E-state index in [1.54, 1.807) is 7.11 Å². The number of ether oxygens (including phenoxy) is 1. The van der Waals surface area contributed by atoms with Gasteiger partial charge in [0, 0.05) is 17.3 Å². The summed E-state index contributed by atoms with van der Waals surface area (Å²) in [5, 5.41) is 4.86. The zero-order valence-electron chi connectivity index (χ0n) is 15.3. The highest BCUT2D eigenvalue weighted by molar-refractivity contribution is 5.81. The summed E-state index contributed by atoms with van der Waals surface area (Å²) in [6.07, 6.45) is 2.02. The molecule has 0 spiro atoms. The number of nitrogens with zero attached hydrogens (tertiary/aromatic N) is 3. The Morgan fingerprint density at radius 2 is 1.57 bits per heavy atom. The first-order chi connectivity index (χ1) is 13.8. The van der Waals surface area contributed by atoms with Crippen molar-refractivity contribution < 1.29 is 4.74 Å². The molecule has 0 radical (unpaired) electrons. The summed E-state index contributed by atoms with van der Waals surface area (Å²) in [5.74, 6) is 1.52. The molecular weight excluding hydrogens is 348 g/mol. The number of nitrogens with one attached hydrogen (secondary N) is 1. The van der Waals surface area contributed by atoms with Crippen LogP contribution in [0.1, 0.15) is 0 Å². The van der Waals surface area contributed by atoms with E-state index in [0.29, 0.717) is 5.95 Å².